The first-order valence-corrected chi connectivity index (χ1v) is 8.51. The minimum absolute atomic E-state index is 0. The molecule has 5 nitrogen and oxygen atoms in total. The average molecular weight is 463 g/mol. The fourth-order valence-electron chi connectivity index (χ4n) is 2.13. The zero-order valence-electron chi connectivity index (χ0n) is 16.4. The van der Waals surface area contributed by atoms with Crippen LogP contribution in [-0.4, -0.2) is 39.9 Å². The molecule has 2 N–H and O–H groups in total. The Bertz CT molecular complexity index is 528. The molecule has 0 atom stereocenters. The lowest BCUT2D eigenvalue weighted by Crippen LogP contribution is -2.38. The lowest BCUT2D eigenvalue weighted by Gasteiger charge is -2.20. The van der Waals surface area contributed by atoms with Gasteiger partial charge in [-0.1, -0.05) is 32.9 Å². The Balaban J connectivity index is 0.00000576. The van der Waals surface area contributed by atoms with Crippen LogP contribution in [0.2, 0.25) is 0 Å². The zero-order valence-corrected chi connectivity index (χ0v) is 18.8. The minimum atomic E-state index is 0. The van der Waals surface area contributed by atoms with Gasteiger partial charge in [-0.05, 0) is 30.4 Å². The van der Waals surface area contributed by atoms with Gasteiger partial charge in [-0.15, -0.1) is 24.0 Å². The van der Waals surface area contributed by atoms with Gasteiger partial charge in [-0.3, -0.25) is 4.99 Å². The van der Waals surface area contributed by atoms with E-state index in [2.05, 4.69) is 61.5 Å². The van der Waals surface area contributed by atoms with Gasteiger partial charge in [0.25, 0.3) is 0 Å². The van der Waals surface area contributed by atoms with Crippen molar-refractivity contribution in [2.75, 3.05) is 33.9 Å². The Morgan fingerprint density at radius 2 is 1.88 bits per heavy atom. The van der Waals surface area contributed by atoms with Crippen molar-refractivity contribution < 1.29 is 9.47 Å². The largest absolute Gasteiger partial charge is 0.491 e. The minimum Gasteiger partial charge on any atom is -0.491 e. The molecule has 1 rings (SSSR count). The molecule has 0 aliphatic rings. The summed E-state index contributed by atoms with van der Waals surface area (Å²) < 4.78 is 10.9. The number of hydrogen-bond donors (Lipinski definition) is 2. The highest BCUT2D eigenvalue weighted by molar-refractivity contribution is 14.0. The molecule has 6 heteroatoms. The molecule has 0 saturated heterocycles. The molecule has 25 heavy (non-hydrogen) atoms. The van der Waals surface area contributed by atoms with Crippen molar-refractivity contribution in [2.45, 2.75) is 40.7 Å². The Hall–Kier alpha value is -1.02. The summed E-state index contributed by atoms with van der Waals surface area (Å²) in [5.74, 6) is 1.70. The zero-order chi connectivity index (χ0) is 18.0. The maximum atomic E-state index is 5.82. The maximum Gasteiger partial charge on any atom is 0.191 e. The Morgan fingerprint density at radius 3 is 2.48 bits per heavy atom. The van der Waals surface area contributed by atoms with Crippen molar-refractivity contribution in [3.05, 3.63) is 29.3 Å². The van der Waals surface area contributed by atoms with Crippen molar-refractivity contribution in [1.82, 2.24) is 10.6 Å². The molecule has 1 aromatic rings. The van der Waals surface area contributed by atoms with E-state index in [1.807, 2.05) is 0 Å². The number of aryl methyl sites for hydroxylation is 1. The van der Waals surface area contributed by atoms with Crippen molar-refractivity contribution >= 4 is 29.9 Å². The highest BCUT2D eigenvalue weighted by Crippen LogP contribution is 2.20. The van der Waals surface area contributed by atoms with E-state index >= 15 is 0 Å². The van der Waals surface area contributed by atoms with Crippen molar-refractivity contribution in [2.24, 2.45) is 10.4 Å². The molecular formula is C19H34IN3O2. The standard InChI is InChI=1S/C19H33N3O2.HI/c1-15-7-8-16(17(13-15)24-12-11-23-6)14-22-18(20-5)21-10-9-19(2,3)4;/h7-8,13H,9-12,14H2,1-6H3,(H2,20,21,22);1H. The summed E-state index contributed by atoms with van der Waals surface area (Å²) >= 11 is 0. The van der Waals surface area contributed by atoms with E-state index in [9.17, 15) is 0 Å². The summed E-state index contributed by atoms with van der Waals surface area (Å²) in [6, 6.07) is 6.24. The van der Waals surface area contributed by atoms with Gasteiger partial charge in [0.1, 0.15) is 12.4 Å². The van der Waals surface area contributed by atoms with Gasteiger partial charge < -0.3 is 20.1 Å². The second-order valence-electron chi connectivity index (χ2n) is 7.12. The smallest absolute Gasteiger partial charge is 0.191 e. The predicted octanol–water partition coefficient (Wildman–Crippen LogP) is 3.74. The maximum absolute atomic E-state index is 5.82. The van der Waals surface area contributed by atoms with Gasteiger partial charge in [0.2, 0.25) is 0 Å². The van der Waals surface area contributed by atoms with Crippen LogP contribution in [0.25, 0.3) is 0 Å². The van der Waals surface area contributed by atoms with E-state index in [1.165, 1.54) is 5.56 Å². The van der Waals surface area contributed by atoms with Crippen LogP contribution < -0.4 is 15.4 Å². The first-order chi connectivity index (χ1) is 11.4. The van der Waals surface area contributed by atoms with E-state index in [4.69, 9.17) is 9.47 Å². The van der Waals surface area contributed by atoms with Crippen molar-refractivity contribution in [1.29, 1.82) is 0 Å². The third-order valence-corrected chi connectivity index (χ3v) is 3.61. The normalized spacial score (nSPS) is 11.7. The summed E-state index contributed by atoms with van der Waals surface area (Å²) in [4.78, 5) is 4.28. The summed E-state index contributed by atoms with van der Waals surface area (Å²) in [5.41, 5.74) is 2.60. The van der Waals surface area contributed by atoms with Gasteiger partial charge in [-0.25, -0.2) is 0 Å². The molecule has 0 saturated carbocycles. The van der Waals surface area contributed by atoms with Crippen molar-refractivity contribution in [3.63, 3.8) is 0 Å². The summed E-state index contributed by atoms with van der Waals surface area (Å²) in [6.45, 7) is 11.5. The van der Waals surface area contributed by atoms with Crippen LogP contribution in [0.15, 0.2) is 23.2 Å². The number of nitrogens with one attached hydrogen (secondary N) is 2. The molecule has 0 aliphatic heterocycles. The molecule has 0 amide bonds. The number of rotatable bonds is 8. The SMILES string of the molecule is CN=C(NCCC(C)(C)C)NCc1ccc(C)cc1OCCOC.I. The summed E-state index contributed by atoms with van der Waals surface area (Å²) in [6.07, 6.45) is 1.09. The van der Waals surface area contributed by atoms with Crippen molar-refractivity contribution in [3.8, 4) is 5.75 Å². The van der Waals surface area contributed by atoms with Crippen LogP contribution in [0.3, 0.4) is 0 Å². The monoisotopic (exact) mass is 463 g/mol. The molecule has 0 radical (unpaired) electrons. The number of hydrogen-bond acceptors (Lipinski definition) is 3. The summed E-state index contributed by atoms with van der Waals surface area (Å²) in [5, 5.41) is 6.71. The molecular weight excluding hydrogens is 429 g/mol. The Kier molecular flexibility index (Phi) is 11.8. The lowest BCUT2D eigenvalue weighted by atomic mass is 9.92. The molecule has 0 aliphatic carbocycles. The van der Waals surface area contributed by atoms with E-state index < -0.39 is 0 Å². The van der Waals surface area contributed by atoms with E-state index in [0.29, 0.717) is 25.2 Å². The van der Waals surface area contributed by atoms with Crippen LogP contribution in [0, 0.1) is 12.3 Å². The second kappa shape index (κ2) is 12.4. The third-order valence-electron chi connectivity index (χ3n) is 3.61. The number of ether oxygens (including phenoxy) is 2. The quantitative estimate of drug-likeness (QED) is 0.267. The number of benzene rings is 1. The second-order valence-corrected chi connectivity index (χ2v) is 7.12. The highest BCUT2D eigenvalue weighted by Gasteiger charge is 2.10. The highest BCUT2D eigenvalue weighted by atomic mass is 127. The number of aliphatic imine (C=N–C) groups is 1. The van der Waals surface area contributed by atoms with Gasteiger partial charge in [0.15, 0.2) is 5.96 Å². The van der Waals surface area contributed by atoms with E-state index in [0.717, 1.165) is 30.2 Å². The molecule has 0 fully saturated rings. The number of methoxy groups -OCH3 is 1. The van der Waals surface area contributed by atoms with E-state index in [-0.39, 0.29) is 24.0 Å². The molecule has 0 heterocycles. The molecule has 0 aromatic heterocycles. The first-order valence-electron chi connectivity index (χ1n) is 8.51. The third kappa shape index (κ3) is 10.5. The van der Waals surface area contributed by atoms with E-state index in [1.54, 1.807) is 14.2 Å². The van der Waals surface area contributed by atoms with Gasteiger partial charge >= 0.3 is 0 Å². The summed E-state index contributed by atoms with van der Waals surface area (Å²) in [7, 11) is 3.47. The van der Waals surface area contributed by atoms with Crippen LogP contribution in [0.1, 0.15) is 38.3 Å². The molecule has 1 aromatic carbocycles. The average Bonchev–Trinajstić information content (AvgIpc) is 2.51. The Labute approximate surface area is 170 Å². The molecule has 0 spiro atoms. The number of halogens is 1. The Morgan fingerprint density at radius 1 is 1.16 bits per heavy atom. The predicted molar refractivity (Wildman–Crippen MR) is 116 cm³/mol. The molecule has 0 bridgehead atoms. The fourth-order valence-corrected chi connectivity index (χ4v) is 2.13. The first kappa shape index (κ1) is 24.0. The lowest BCUT2D eigenvalue weighted by molar-refractivity contribution is 0.145. The topological polar surface area (TPSA) is 54.9 Å². The van der Waals surface area contributed by atoms with Gasteiger partial charge in [-0.2, -0.15) is 0 Å². The fraction of sp³-hybridized carbons (Fsp3) is 0.632. The number of nitrogens with zero attached hydrogens (tertiary/aromatic N) is 1. The van der Waals surface area contributed by atoms with Crippen LogP contribution in [-0.2, 0) is 11.3 Å². The van der Waals surface area contributed by atoms with Crippen LogP contribution in [0.5, 0.6) is 5.75 Å². The molecule has 144 valence electrons. The van der Waals surface area contributed by atoms with Gasteiger partial charge in [0, 0.05) is 32.8 Å². The molecule has 0 unspecified atom stereocenters. The number of guanidine groups is 1. The van der Waals surface area contributed by atoms with Crippen LogP contribution in [0.4, 0.5) is 0 Å². The van der Waals surface area contributed by atoms with Gasteiger partial charge in [0.05, 0.1) is 6.61 Å². The van der Waals surface area contributed by atoms with Crippen LogP contribution >= 0.6 is 24.0 Å².